The van der Waals surface area contributed by atoms with Crippen molar-refractivity contribution < 1.29 is 4.52 Å². The van der Waals surface area contributed by atoms with Gasteiger partial charge in [-0.15, -0.1) is 11.3 Å². The number of nitrogens with zero attached hydrogens (tertiary/aromatic N) is 3. The summed E-state index contributed by atoms with van der Waals surface area (Å²) in [6.45, 7) is 2.67. The lowest BCUT2D eigenvalue weighted by molar-refractivity contribution is 0.380. The average Bonchev–Trinajstić information content (AvgIpc) is 2.98. The maximum atomic E-state index is 6.02. The number of benzene rings is 1. The molecule has 0 bridgehead atoms. The highest BCUT2D eigenvalue weighted by atomic mass is 32.1. The van der Waals surface area contributed by atoms with Gasteiger partial charge in [0.1, 0.15) is 0 Å². The molecule has 19 heavy (non-hydrogen) atoms. The SMILES string of the molecule is Cc1nc2cc(NCCc3ncno3)c(N)cc2s1. The van der Waals surface area contributed by atoms with Crippen LogP contribution < -0.4 is 11.1 Å². The third-order valence-corrected chi connectivity index (χ3v) is 3.66. The van der Waals surface area contributed by atoms with Crippen molar-refractivity contribution in [3.63, 3.8) is 0 Å². The number of fused-ring (bicyclic) bond motifs is 1. The molecule has 0 aliphatic rings. The number of nitrogens with one attached hydrogen (secondary N) is 1. The number of hydrogen-bond acceptors (Lipinski definition) is 7. The van der Waals surface area contributed by atoms with Crippen molar-refractivity contribution >= 4 is 32.9 Å². The van der Waals surface area contributed by atoms with Gasteiger partial charge < -0.3 is 15.6 Å². The molecule has 0 unspecified atom stereocenters. The quantitative estimate of drug-likeness (QED) is 0.710. The van der Waals surface area contributed by atoms with E-state index in [-0.39, 0.29) is 0 Å². The Balaban J connectivity index is 1.74. The highest BCUT2D eigenvalue weighted by molar-refractivity contribution is 7.18. The van der Waals surface area contributed by atoms with E-state index in [2.05, 4.69) is 20.4 Å². The third kappa shape index (κ3) is 2.50. The molecule has 0 saturated heterocycles. The predicted octanol–water partition coefficient (Wildman–Crippen LogP) is 2.22. The van der Waals surface area contributed by atoms with Crippen LogP contribution in [0.5, 0.6) is 0 Å². The molecule has 6 nitrogen and oxygen atoms in total. The van der Waals surface area contributed by atoms with Gasteiger partial charge in [0.25, 0.3) is 0 Å². The molecule has 2 heterocycles. The van der Waals surface area contributed by atoms with Crippen molar-refractivity contribution in [1.82, 2.24) is 15.1 Å². The Kier molecular flexibility index (Phi) is 3.04. The van der Waals surface area contributed by atoms with E-state index in [9.17, 15) is 0 Å². The summed E-state index contributed by atoms with van der Waals surface area (Å²) in [6, 6.07) is 3.93. The van der Waals surface area contributed by atoms with Crippen LogP contribution in [0.25, 0.3) is 10.2 Å². The van der Waals surface area contributed by atoms with Crippen molar-refractivity contribution in [1.29, 1.82) is 0 Å². The lowest BCUT2D eigenvalue weighted by Gasteiger charge is -2.07. The number of thiazole rings is 1. The second kappa shape index (κ2) is 4.85. The fourth-order valence-electron chi connectivity index (χ4n) is 1.87. The molecule has 2 aromatic heterocycles. The van der Waals surface area contributed by atoms with E-state index < -0.39 is 0 Å². The van der Waals surface area contributed by atoms with Crippen LogP contribution in [0.15, 0.2) is 23.0 Å². The monoisotopic (exact) mass is 275 g/mol. The van der Waals surface area contributed by atoms with Gasteiger partial charge in [0, 0.05) is 13.0 Å². The van der Waals surface area contributed by atoms with Crippen molar-refractivity contribution in [3.8, 4) is 0 Å². The maximum absolute atomic E-state index is 6.02. The molecule has 3 N–H and O–H groups in total. The van der Waals surface area contributed by atoms with Crippen LogP contribution in [-0.2, 0) is 6.42 Å². The third-order valence-electron chi connectivity index (χ3n) is 2.73. The second-order valence-corrected chi connectivity index (χ2v) is 5.39. The Labute approximate surface area is 113 Å². The van der Waals surface area contributed by atoms with Gasteiger partial charge in [-0.3, -0.25) is 0 Å². The molecule has 3 rings (SSSR count). The summed E-state index contributed by atoms with van der Waals surface area (Å²) >= 11 is 1.64. The standard InChI is InChI=1S/C12H13N5OS/c1-7-17-10-5-9(8(13)4-11(10)19-7)14-3-2-12-15-6-16-18-12/h4-6,14H,2-3,13H2,1H3. The van der Waals surface area contributed by atoms with E-state index in [4.69, 9.17) is 10.3 Å². The zero-order valence-electron chi connectivity index (χ0n) is 10.4. The highest BCUT2D eigenvalue weighted by Gasteiger charge is 2.06. The van der Waals surface area contributed by atoms with Crippen molar-refractivity contribution in [2.45, 2.75) is 13.3 Å². The van der Waals surface area contributed by atoms with E-state index >= 15 is 0 Å². The van der Waals surface area contributed by atoms with Gasteiger partial charge in [0.05, 0.1) is 26.6 Å². The first-order valence-electron chi connectivity index (χ1n) is 5.88. The first kappa shape index (κ1) is 11.9. The Morgan fingerprint density at radius 1 is 1.42 bits per heavy atom. The Hall–Kier alpha value is -2.15. The largest absolute Gasteiger partial charge is 0.397 e. The molecular formula is C12H13N5OS. The molecule has 7 heteroatoms. The van der Waals surface area contributed by atoms with Gasteiger partial charge in [0.15, 0.2) is 6.33 Å². The smallest absolute Gasteiger partial charge is 0.228 e. The van der Waals surface area contributed by atoms with Gasteiger partial charge in [-0.1, -0.05) is 5.16 Å². The lowest BCUT2D eigenvalue weighted by atomic mass is 10.2. The number of anilines is 2. The van der Waals surface area contributed by atoms with E-state index in [0.29, 0.717) is 18.9 Å². The van der Waals surface area contributed by atoms with Gasteiger partial charge in [-0.2, -0.15) is 4.98 Å². The molecule has 0 atom stereocenters. The van der Waals surface area contributed by atoms with E-state index in [0.717, 1.165) is 26.6 Å². The minimum Gasteiger partial charge on any atom is -0.397 e. The first-order chi connectivity index (χ1) is 9.22. The lowest BCUT2D eigenvalue weighted by Crippen LogP contribution is -2.07. The van der Waals surface area contributed by atoms with Crippen molar-refractivity contribution in [3.05, 3.63) is 29.4 Å². The molecule has 0 radical (unpaired) electrons. The van der Waals surface area contributed by atoms with Crippen LogP contribution in [-0.4, -0.2) is 21.7 Å². The number of aryl methyl sites for hydroxylation is 1. The molecule has 0 fully saturated rings. The molecule has 0 spiro atoms. The van der Waals surface area contributed by atoms with Crippen LogP contribution in [0.4, 0.5) is 11.4 Å². The number of aromatic nitrogens is 3. The summed E-state index contributed by atoms with van der Waals surface area (Å²) in [5, 5.41) is 7.87. The molecule has 98 valence electrons. The average molecular weight is 275 g/mol. The second-order valence-electron chi connectivity index (χ2n) is 4.15. The van der Waals surface area contributed by atoms with Crippen molar-refractivity contribution in [2.75, 3.05) is 17.6 Å². The van der Waals surface area contributed by atoms with Gasteiger partial charge in [-0.25, -0.2) is 4.98 Å². The topological polar surface area (TPSA) is 89.9 Å². The zero-order valence-corrected chi connectivity index (χ0v) is 11.2. The first-order valence-corrected chi connectivity index (χ1v) is 6.70. The fraction of sp³-hybridized carbons (Fsp3) is 0.250. The molecule has 0 amide bonds. The van der Waals surface area contributed by atoms with Crippen LogP contribution in [0, 0.1) is 6.92 Å². The summed E-state index contributed by atoms with van der Waals surface area (Å²) in [6.07, 6.45) is 2.06. The maximum Gasteiger partial charge on any atom is 0.228 e. The number of nitrogen functional groups attached to an aromatic ring is 1. The zero-order chi connectivity index (χ0) is 13.2. The van der Waals surface area contributed by atoms with Gasteiger partial charge in [0.2, 0.25) is 5.89 Å². The Morgan fingerprint density at radius 3 is 3.11 bits per heavy atom. The molecule has 0 aliphatic heterocycles. The van der Waals surface area contributed by atoms with Crippen LogP contribution in [0.3, 0.4) is 0 Å². The normalized spacial score (nSPS) is 11.0. The summed E-state index contributed by atoms with van der Waals surface area (Å²) < 4.78 is 6.04. The molecular weight excluding hydrogens is 262 g/mol. The number of rotatable bonds is 4. The summed E-state index contributed by atoms with van der Waals surface area (Å²) in [4.78, 5) is 8.42. The predicted molar refractivity (Wildman–Crippen MR) is 75.3 cm³/mol. The minimum atomic E-state index is 0.608. The molecule has 1 aromatic carbocycles. The summed E-state index contributed by atoms with van der Waals surface area (Å²) in [7, 11) is 0. The molecule has 0 saturated carbocycles. The Bertz CT molecular complexity index is 692. The van der Waals surface area contributed by atoms with E-state index in [1.807, 2.05) is 19.1 Å². The summed E-state index contributed by atoms with van der Waals surface area (Å²) in [5.74, 6) is 0.608. The number of hydrogen-bond donors (Lipinski definition) is 2. The van der Waals surface area contributed by atoms with Gasteiger partial charge in [-0.05, 0) is 19.1 Å². The van der Waals surface area contributed by atoms with Crippen molar-refractivity contribution in [2.24, 2.45) is 0 Å². The van der Waals surface area contributed by atoms with E-state index in [1.54, 1.807) is 11.3 Å². The highest BCUT2D eigenvalue weighted by Crippen LogP contribution is 2.29. The fourth-order valence-corrected chi connectivity index (χ4v) is 2.73. The van der Waals surface area contributed by atoms with Gasteiger partial charge >= 0.3 is 0 Å². The van der Waals surface area contributed by atoms with Crippen LogP contribution in [0.1, 0.15) is 10.9 Å². The van der Waals surface area contributed by atoms with Crippen LogP contribution >= 0.6 is 11.3 Å². The Morgan fingerprint density at radius 2 is 2.32 bits per heavy atom. The minimum absolute atomic E-state index is 0.608. The van der Waals surface area contributed by atoms with Crippen LogP contribution in [0.2, 0.25) is 0 Å². The molecule has 3 aromatic rings. The van der Waals surface area contributed by atoms with E-state index in [1.165, 1.54) is 6.33 Å². The number of nitrogens with two attached hydrogens (primary N) is 1. The summed E-state index contributed by atoms with van der Waals surface area (Å²) in [5.41, 5.74) is 8.60. The molecule has 0 aliphatic carbocycles.